The molecule has 0 saturated carbocycles. The van der Waals surface area contributed by atoms with E-state index >= 15 is 0 Å². The molecule has 0 atom stereocenters. The SMILES string of the molecule is Nc1nc(N)c(-c2ccccc2)c(CCCOc2ccccc2)n1. The zero-order valence-corrected chi connectivity index (χ0v) is 13.4. The van der Waals surface area contributed by atoms with Crippen LogP contribution in [0.2, 0.25) is 0 Å². The van der Waals surface area contributed by atoms with Crippen LogP contribution in [0.4, 0.5) is 11.8 Å². The number of nitrogen functional groups attached to an aromatic ring is 2. The zero-order valence-electron chi connectivity index (χ0n) is 13.4. The van der Waals surface area contributed by atoms with Crippen LogP contribution < -0.4 is 16.2 Å². The first-order chi connectivity index (χ1) is 11.7. The highest BCUT2D eigenvalue weighted by Crippen LogP contribution is 2.28. The van der Waals surface area contributed by atoms with Crippen LogP contribution >= 0.6 is 0 Å². The molecule has 3 aromatic rings. The third-order valence-electron chi connectivity index (χ3n) is 3.66. The number of anilines is 2. The van der Waals surface area contributed by atoms with Crippen molar-refractivity contribution in [3.63, 3.8) is 0 Å². The number of aromatic nitrogens is 2. The fraction of sp³-hybridized carbons (Fsp3) is 0.158. The second-order valence-corrected chi connectivity index (χ2v) is 5.42. The predicted molar refractivity (Wildman–Crippen MR) is 96.6 cm³/mol. The molecular formula is C19H20N4O. The standard InChI is InChI=1S/C19H20N4O/c20-18-17(14-8-3-1-4-9-14)16(22-19(21)23-18)12-7-13-24-15-10-5-2-6-11-15/h1-6,8-11H,7,12-13H2,(H4,20,21,22,23). The summed E-state index contributed by atoms with van der Waals surface area (Å²) >= 11 is 0. The Bertz CT molecular complexity index is 791. The Morgan fingerprint density at radius 1 is 0.833 bits per heavy atom. The molecule has 122 valence electrons. The average Bonchev–Trinajstić information content (AvgIpc) is 2.60. The van der Waals surface area contributed by atoms with Gasteiger partial charge in [-0.25, -0.2) is 4.98 Å². The van der Waals surface area contributed by atoms with Gasteiger partial charge in [0.25, 0.3) is 0 Å². The number of para-hydroxylation sites is 1. The normalized spacial score (nSPS) is 10.5. The van der Waals surface area contributed by atoms with Gasteiger partial charge in [-0.05, 0) is 30.5 Å². The third-order valence-corrected chi connectivity index (χ3v) is 3.66. The number of ether oxygens (including phenoxy) is 1. The number of rotatable bonds is 6. The molecule has 1 heterocycles. The van der Waals surface area contributed by atoms with Gasteiger partial charge in [-0.3, -0.25) is 0 Å². The molecule has 3 rings (SSSR count). The Balaban J connectivity index is 1.73. The molecule has 0 saturated heterocycles. The van der Waals surface area contributed by atoms with Crippen LogP contribution in [-0.4, -0.2) is 16.6 Å². The van der Waals surface area contributed by atoms with Gasteiger partial charge in [-0.2, -0.15) is 4.98 Å². The van der Waals surface area contributed by atoms with E-state index in [1.54, 1.807) is 0 Å². The van der Waals surface area contributed by atoms with Gasteiger partial charge >= 0.3 is 0 Å². The highest BCUT2D eigenvalue weighted by atomic mass is 16.5. The van der Waals surface area contributed by atoms with E-state index in [2.05, 4.69) is 9.97 Å². The molecule has 0 aliphatic rings. The van der Waals surface area contributed by atoms with Gasteiger partial charge < -0.3 is 16.2 Å². The van der Waals surface area contributed by atoms with Gasteiger partial charge in [0.15, 0.2) is 0 Å². The molecule has 0 spiro atoms. The molecule has 0 bridgehead atoms. The maximum atomic E-state index is 6.09. The van der Waals surface area contributed by atoms with E-state index in [0.29, 0.717) is 18.8 Å². The van der Waals surface area contributed by atoms with Crippen LogP contribution in [0, 0.1) is 0 Å². The second kappa shape index (κ2) is 7.46. The summed E-state index contributed by atoms with van der Waals surface area (Å²) in [5.74, 6) is 1.47. The molecule has 1 aromatic heterocycles. The Kier molecular flexibility index (Phi) is 4.91. The van der Waals surface area contributed by atoms with Crippen molar-refractivity contribution >= 4 is 11.8 Å². The van der Waals surface area contributed by atoms with Gasteiger partial charge in [0.05, 0.1) is 12.3 Å². The number of nitrogens with two attached hydrogens (primary N) is 2. The first-order valence-electron chi connectivity index (χ1n) is 7.89. The van der Waals surface area contributed by atoms with Crippen molar-refractivity contribution in [2.24, 2.45) is 0 Å². The number of hydrogen-bond donors (Lipinski definition) is 2. The van der Waals surface area contributed by atoms with Crippen molar-refractivity contribution < 1.29 is 4.74 Å². The molecule has 0 unspecified atom stereocenters. The van der Waals surface area contributed by atoms with Gasteiger partial charge in [0.2, 0.25) is 5.95 Å². The van der Waals surface area contributed by atoms with E-state index < -0.39 is 0 Å². The van der Waals surface area contributed by atoms with Gasteiger partial charge in [0.1, 0.15) is 11.6 Å². The molecule has 2 aromatic carbocycles. The lowest BCUT2D eigenvalue weighted by Crippen LogP contribution is -2.08. The van der Waals surface area contributed by atoms with Crippen molar-refractivity contribution in [1.82, 2.24) is 9.97 Å². The fourth-order valence-electron chi connectivity index (χ4n) is 2.59. The monoisotopic (exact) mass is 320 g/mol. The molecule has 5 heteroatoms. The highest BCUT2D eigenvalue weighted by molar-refractivity contribution is 5.76. The van der Waals surface area contributed by atoms with E-state index in [0.717, 1.165) is 29.0 Å². The third kappa shape index (κ3) is 3.81. The Morgan fingerprint density at radius 2 is 1.50 bits per heavy atom. The van der Waals surface area contributed by atoms with E-state index in [1.807, 2.05) is 60.7 Å². The number of benzene rings is 2. The van der Waals surface area contributed by atoms with Crippen LogP contribution in [0.15, 0.2) is 60.7 Å². The number of aryl methyl sites for hydroxylation is 1. The molecule has 0 fully saturated rings. The molecule has 0 radical (unpaired) electrons. The lowest BCUT2D eigenvalue weighted by Gasteiger charge is -2.12. The van der Waals surface area contributed by atoms with Gasteiger partial charge in [0, 0.05) is 5.56 Å². The Morgan fingerprint density at radius 3 is 2.21 bits per heavy atom. The van der Waals surface area contributed by atoms with E-state index in [-0.39, 0.29) is 5.95 Å². The Hall–Kier alpha value is -3.08. The van der Waals surface area contributed by atoms with Gasteiger partial charge in [-0.1, -0.05) is 48.5 Å². The minimum absolute atomic E-state index is 0.200. The molecular weight excluding hydrogens is 300 g/mol. The molecule has 5 nitrogen and oxygen atoms in total. The summed E-state index contributed by atoms with van der Waals surface area (Å²) in [4.78, 5) is 8.49. The quantitative estimate of drug-likeness (QED) is 0.680. The van der Waals surface area contributed by atoms with Crippen LogP contribution in [0.25, 0.3) is 11.1 Å². The summed E-state index contributed by atoms with van der Waals surface area (Å²) in [5.41, 5.74) is 14.6. The molecule has 0 amide bonds. The van der Waals surface area contributed by atoms with Crippen molar-refractivity contribution in [3.05, 3.63) is 66.4 Å². The van der Waals surface area contributed by atoms with Crippen LogP contribution in [0.3, 0.4) is 0 Å². The maximum Gasteiger partial charge on any atom is 0.222 e. The van der Waals surface area contributed by atoms with Gasteiger partial charge in [-0.15, -0.1) is 0 Å². The van der Waals surface area contributed by atoms with Crippen LogP contribution in [0.5, 0.6) is 5.75 Å². The summed E-state index contributed by atoms with van der Waals surface area (Å²) in [6.07, 6.45) is 1.53. The summed E-state index contributed by atoms with van der Waals surface area (Å²) in [7, 11) is 0. The van der Waals surface area contributed by atoms with Crippen molar-refractivity contribution in [3.8, 4) is 16.9 Å². The smallest absolute Gasteiger partial charge is 0.222 e. The maximum absolute atomic E-state index is 6.09. The largest absolute Gasteiger partial charge is 0.494 e. The molecule has 0 aliphatic carbocycles. The zero-order chi connectivity index (χ0) is 16.8. The lowest BCUT2D eigenvalue weighted by molar-refractivity contribution is 0.310. The second-order valence-electron chi connectivity index (χ2n) is 5.42. The molecule has 24 heavy (non-hydrogen) atoms. The van der Waals surface area contributed by atoms with Crippen LogP contribution in [0.1, 0.15) is 12.1 Å². The lowest BCUT2D eigenvalue weighted by atomic mass is 10.0. The van der Waals surface area contributed by atoms with Crippen molar-refractivity contribution in [2.75, 3.05) is 18.1 Å². The van der Waals surface area contributed by atoms with Crippen molar-refractivity contribution in [2.45, 2.75) is 12.8 Å². The number of nitrogens with zero attached hydrogens (tertiary/aromatic N) is 2. The van der Waals surface area contributed by atoms with Crippen LogP contribution in [-0.2, 0) is 6.42 Å². The predicted octanol–water partition coefficient (Wildman–Crippen LogP) is 3.32. The fourth-order valence-corrected chi connectivity index (χ4v) is 2.59. The topological polar surface area (TPSA) is 87.0 Å². The summed E-state index contributed by atoms with van der Waals surface area (Å²) in [6.45, 7) is 0.599. The van der Waals surface area contributed by atoms with E-state index in [9.17, 15) is 0 Å². The minimum atomic E-state index is 0.200. The van der Waals surface area contributed by atoms with E-state index in [1.165, 1.54) is 0 Å². The molecule has 4 N–H and O–H groups in total. The first-order valence-corrected chi connectivity index (χ1v) is 7.89. The van der Waals surface area contributed by atoms with Crippen molar-refractivity contribution in [1.29, 1.82) is 0 Å². The average molecular weight is 320 g/mol. The van der Waals surface area contributed by atoms with E-state index in [4.69, 9.17) is 16.2 Å². The highest BCUT2D eigenvalue weighted by Gasteiger charge is 2.13. The summed E-state index contributed by atoms with van der Waals surface area (Å²) in [6, 6.07) is 19.6. The Labute approximate surface area is 141 Å². The number of hydrogen-bond acceptors (Lipinski definition) is 5. The summed E-state index contributed by atoms with van der Waals surface area (Å²) < 4.78 is 5.73. The minimum Gasteiger partial charge on any atom is -0.494 e. The summed E-state index contributed by atoms with van der Waals surface area (Å²) in [5, 5.41) is 0. The first kappa shape index (κ1) is 15.8. The molecule has 0 aliphatic heterocycles.